The molecule has 1 heterocycles. The first-order chi connectivity index (χ1) is 12.1. The number of para-hydroxylation sites is 1. The Balaban J connectivity index is 1.80. The lowest BCUT2D eigenvalue weighted by molar-refractivity contribution is 0.315. The monoisotopic (exact) mass is 354 g/mol. The third kappa shape index (κ3) is 3.88. The van der Waals surface area contributed by atoms with Gasteiger partial charge in [0.05, 0.1) is 30.1 Å². The molecule has 0 aromatic heterocycles. The maximum Gasteiger partial charge on any atom is 0.122 e. The highest BCUT2D eigenvalue weighted by Crippen LogP contribution is 2.30. The highest BCUT2D eigenvalue weighted by atomic mass is 35.5. The van der Waals surface area contributed by atoms with Crippen LogP contribution in [-0.2, 0) is 0 Å². The second-order valence-corrected chi connectivity index (χ2v) is 6.63. The lowest BCUT2D eigenvalue weighted by atomic mass is 10.0. The van der Waals surface area contributed by atoms with Gasteiger partial charge in [0, 0.05) is 0 Å². The van der Waals surface area contributed by atoms with E-state index in [4.69, 9.17) is 16.3 Å². The molecule has 0 amide bonds. The summed E-state index contributed by atoms with van der Waals surface area (Å²) in [5.41, 5.74) is 5.72. The molecule has 0 bridgehead atoms. The molecule has 0 N–H and O–H groups in total. The molecule has 3 nitrogen and oxygen atoms in total. The normalized spacial score (nSPS) is 15.2. The quantitative estimate of drug-likeness (QED) is 0.694. The Bertz CT molecular complexity index is 827. The van der Waals surface area contributed by atoms with Crippen molar-refractivity contribution in [1.82, 2.24) is 0 Å². The van der Waals surface area contributed by atoms with Gasteiger partial charge in [-0.1, -0.05) is 36.7 Å². The zero-order valence-corrected chi connectivity index (χ0v) is 15.7. The SMILES string of the molecule is CCCOc1ccc(C=C2C=NN(c3ccccc3Cl)C2)c(C)c1C. The van der Waals surface area contributed by atoms with Crippen LogP contribution in [0.2, 0.25) is 5.02 Å². The van der Waals surface area contributed by atoms with Crippen molar-refractivity contribution in [2.24, 2.45) is 5.10 Å². The molecule has 2 aromatic rings. The molecule has 0 unspecified atom stereocenters. The number of benzene rings is 2. The summed E-state index contributed by atoms with van der Waals surface area (Å²) in [6, 6.07) is 11.9. The van der Waals surface area contributed by atoms with Crippen LogP contribution in [-0.4, -0.2) is 19.4 Å². The van der Waals surface area contributed by atoms with Crippen molar-refractivity contribution in [3.05, 3.63) is 63.7 Å². The van der Waals surface area contributed by atoms with Gasteiger partial charge in [-0.15, -0.1) is 0 Å². The fourth-order valence-corrected chi connectivity index (χ4v) is 3.06. The van der Waals surface area contributed by atoms with Crippen molar-refractivity contribution in [2.45, 2.75) is 27.2 Å². The Labute approximate surface area is 154 Å². The summed E-state index contributed by atoms with van der Waals surface area (Å²) in [5, 5.41) is 7.12. The lowest BCUT2D eigenvalue weighted by Crippen LogP contribution is -2.13. The second-order valence-electron chi connectivity index (χ2n) is 6.22. The first kappa shape index (κ1) is 17.6. The van der Waals surface area contributed by atoms with Crippen LogP contribution in [0.15, 0.2) is 47.1 Å². The van der Waals surface area contributed by atoms with E-state index >= 15 is 0 Å². The molecule has 0 saturated carbocycles. The van der Waals surface area contributed by atoms with Gasteiger partial charge in [-0.2, -0.15) is 5.10 Å². The molecular weight excluding hydrogens is 332 g/mol. The molecule has 130 valence electrons. The number of hydrogen-bond donors (Lipinski definition) is 0. The minimum atomic E-state index is 0.713. The van der Waals surface area contributed by atoms with Crippen molar-refractivity contribution in [2.75, 3.05) is 18.2 Å². The van der Waals surface area contributed by atoms with Crippen LogP contribution >= 0.6 is 11.6 Å². The minimum Gasteiger partial charge on any atom is -0.493 e. The van der Waals surface area contributed by atoms with Crippen LogP contribution < -0.4 is 9.75 Å². The van der Waals surface area contributed by atoms with Gasteiger partial charge in [0.2, 0.25) is 0 Å². The van der Waals surface area contributed by atoms with E-state index in [0.717, 1.165) is 36.6 Å². The summed E-state index contributed by atoms with van der Waals surface area (Å²) in [7, 11) is 0. The standard InChI is InChI=1S/C21H23ClN2O/c1-4-11-25-21-10-9-18(15(2)16(21)3)12-17-13-23-24(14-17)20-8-6-5-7-19(20)22/h5-10,12-13H,4,11,14H2,1-3H3. The Hall–Kier alpha value is -2.26. The molecule has 3 rings (SSSR count). The summed E-state index contributed by atoms with van der Waals surface area (Å²) in [6.07, 6.45) is 5.10. The Morgan fingerprint density at radius 3 is 2.72 bits per heavy atom. The van der Waals surface area contributed by atoms with E-state index in [1.54, 1.807) is 0 Å². The molecule has 0 radical (unpaired) electrons. The fourth-order valence-electron chi connectivity index (χ4n) is 2.83. The number of anilines is 1. The number of ether oxygens (including phenoxy) is 1. The molecule has 0 aliphatic carbocycles. The van der Waals surface area contributed by atoms with Crippen molar-refractivity contribution in [3.8, 4) is 5.75 Å². The average molecular weight is 355 g/mol. The van der Waals surface area contributed by atoms with Crippen LogP contribution in [0.4, 0.5) is 5.69 Å². The van der Waals surface area contributed by atoms with Gasteiger partial charge in [0.25, 0.3) is 0 Å². The molecule has 1 aliphatic rings. The predicted molar refractivity (Wildman–Crippen MR) is 107 cm³/mol. The van der Waals surface area contributed by atoms with Crippen LogP contribution in [0.25, 0.3) is 6.08 Å². The van der Waals surface area contributed by atoms with Crippen molar-refractivity contribution >= 4 is 29.6 Å². The van der Waals surface area contributed by atoms with Crippen LogP contribution in [0.1, 0.15) is 30.0 Å². The summed E-state index contributed by atoms with van der Waals surface area (Å²) < 4.78 is 5.81. The third-order valence-corrected chi connectivity index (χ3v) is 4.73. The van der Waals surface area contributed by atoms with E-state index in [2.05, 4.69) is 44.1 Å². The molecule has 4 heteroatoms. The predicted octanol–water partition coefficient (Wildman–Crippen LogP) is 5.64. The van der Waals surface area contributed by atoms with E-state index in [1.165, 1.54) is 16.7 Å². The van der Waals surface area contributed by atoms with Crippen LogP contribution in [0.5, 0.6) is 5.75 Å². The zero-order chi connectivity index (χ0) is 17.8. The minimum absolute atomic E-state index is 0.713. The Kier molecular flexibility index (Phi) is 5.44. The van der Waals surface area contributed by atoms with E-state index in [0.29, 0.717) is 5.02 Å². The maximum absolute atomic E-state index is 6.27. The zero-order valence-electron chi connectivity index (χ0n) is 14.9. The first-order valence-electron chi connectivity index (χ1n) is 8.59. The van der Waals surface area contributed by atoms with Gasteiger partial charge in [-0.25, -0.2) is 0 Å². The van der Waals surface area contributed by atoms with E-state index in [-0.39, 0.29) is 0 Å². The molecule has 25 heavy (non-hydrogen) atoms. The van der Waals surface area contributed by atoms with E-state index in [1.807, 2.05) is 35.5 Å². The van der Waals surface area contributed by atoms with E-state index < -0.39 is 0 Å². The van der Waals surface area contributed by atoms with Gasteiger partial charge < -0.3 is 4.74 Å². The van der Waals surface area contributed by atoms with Crippen LogP contribution in [0.3, 0.4) is 0 Å². The Morgan fingerprint density at radius 2 is 1.96 bits per heavy atom. The summed E-state index contributed by atoms with van der Waals surface area (Å²) in [5.74, 6) is 0.972. The number of nitrogens with zero attached hydrogens (tertiary/aromatic N) is 2. The van der Waals surface area contributed by atoms with E-state index in [9.17, 15) is 0 Å². The van der Waals surface area contributed by atoms with Gasteiger partial charge in [0.15, 0.2) is 0 Å². The first-order valence-corrected chi connectivity index (χ1v) is 8.97. The smallest absolute Gasteiger partial charge is 0.122 e. The van der Waals surface area contributed by atoms with Crippen molar-refractivity contribution < 1.29 is 4.74 Å². The lowest BCUT2D eigenvalue weighted by Gasteiger charge is -2.15. The third-order valence-electron chi connectivity index (χ3n) is 4.41. The molecule has 1 aliphatic heterocycles. The molecule has 0 saturated heterocycles. The summed E-state index contributed by atoms with van der Waals surface area (Å²) >= 11 is 6.27. The Morgan fingerprint density at radius 1 is 1.16 bits per heavy atom. The number of hydrogen-bond acceptors (Lipinski definition) is 3. The average Bonchev–Trinajstić information content (AvgIpc) is 3.07. The van der Waals surface area contributed by atoms with Gasteiger partial charge >= 0.3 is 0 Å². The molecular formula is C21H23ClN2O. The van der Waals surface area contributed by atoms with Crippen LogP contribution in [0, 0.1) is 13.8 Å². The topological polar surface area (TPSA) is 24.8 Å². The largest absolute Gasteiger partial charge is 0.493 e. The van der Waals surface area contributed by atoms with Crippen molar-refractivity contribution in [1.29, 1.82) is 0 Å². The summed E-state index contributed by atoms with van der Waals surface area (Å²) in [6.45, 7) is 7.83. The second kappa shape index (κ2) is 7.75. The van der Waals surface area contributed by atoms with Gasteiger partial charge in [-0.05, 0) is 66.8 Å². The van der Waals surface area contributed by atoms with Gasteiger partial charge in [-0.3, -0.25) is 5.01 Å². The highest BCUT2D eigenvalue weighted by Gasteiger charge is 2.16. The fraction of sp³-hybridized carbons (Fsp3) is 0.286. The number of halogens is 1. The maximum atomic E-state index is 6.27. The molecule has 2 aromatic carbocycles. The molecule has 0 fully saturated rings. The molecule has 0 atom stereocenters. The molecule has 0 spiro atoms. The highest BCUT2D eigenvalue weighted by molar-refractivity contribution is 6.33. The number of rotatable bonds is 5. The van der Waals surface area contributed by atoms with Gasteiger partial charge in [0.1, 0.15) is 5.75 Å². The van der Waals surface area contributed by atoms with Crippen molar-refractivity contribution in [3.63, 3.8) is 0 Å². The summed E-state index contributed by atoms with van der Waals surface area (Å²) in [4.78, 5) is 0. The number of hydrazone groups is 1.